The predicted molar refractivity (Wildman–Crippen MR) is 140 cm³/mol. The minimum absolute atomic E-state index is 0.0140. The first kappa shape index (κ1) is 24.3. The summed E-state index contributed by atoms with van der Waals surface area (Å²) in [7, 11) is 0. The van der Waals surface area contributed by atoms with Gasteiger partial charge in [0.2, 0.25) is 5.76 Å². The standard InChI is InChI=1S/C30H27NO6/c1-4-5-13-36-30(35)19-9-11-21(12-10-19)31-26(20-7-6-8-22(32)16-20)25-27(33)23-14-17(2)18(3)15-24(23)37-28(25)29(31)34/h6-12,14-16,26,32H,4-5,13H2,1-3H3. The van der Waals surface area contributed by atoms with Crippen LogP contribution in [0.4, 0.5) is 5.69 Å². The first-order valence-electron chi connectivity index (χ1n) is 12.3. The van der Waals surface area contributed by atoms with E-state index in [0.717, 1.165) is 24.0 Å². The van der Waals surface area contributed by atoms with Crippen molar-refractivity contribution >= 4 is 28.5 Å². The minimum Gasteiger partial charge on any atom is -0.508 e. The van der Waals surface area contributed by atoms with E-state index >= 15 is 0 Å². The number of carbonyl (C=O) groups excluding carboxylic acids is 2. The molecule has 1 atom stereocenters. The van der Waals surface area contributed by atoms with Crippen molar-refractivity contribution in [1.82, 2.24) is 0 Å². The summed E-state index contributed by atoms with van der Waals surface area (Å²) in [5.41, 5.74) is 3.57. The summed E-state index contributed by atoms with van der Waals surface area (Å²) in [5.74, 6) is -0.925. The summed E-state index contributed by atoms with van der Waals surface area (Å²) in [4.78, 5) is 41.4. The number of ether oxygens (including phenoxy) is 1. The maximum atomic E-state index is 13.8. The highest BCUT2D eigenvalue weighted by atomic mass is 16.5. The molecular weight excluding hydrogens is 470 g/mol. The molecule has 1 aromatic heterocycles. The van der Waals surface area contributed by atoms with Gasteiger partial charge in [0.25, 0.3) is 5.91 Å². The number of amides is 1. The third-order valence-electron chi connectivity index (χ3n) is 6.78. The van der Waals surface area contributed by atoms with Gasteiger partial charge in [0.1, 0.15) is 11.3 Å². The molecule has 1 amide bonds. The van der Waals surface area contributed by atoms with Crippen molar-refractivity contribution in [2.24, 2.45) is 0 Å². The number of nitrogens with zero attached hydrogens (tertiary/aromatic N) is 1. The fraction of sp³-hybridized carbons (Fsp3) is 0.233. The lowest BCUT2D eigenvalue weighted by atomic mass is 9.97. The van der Waals surface area contributed by atoms with Gasteiger partial charge in [0.05, 0.1) is 29.2 Å². The summed E-state index contributed by atoms with van der Waals surface area (Å²) in [6, 6.07) is 15.7. The zero-order valence-corrected chi connectivity index (χ0v) is 20.9. The van der Waals surface area contributed by atoms with Gasteiger partial charge in [0.15, 0.2) is 5.43 Å². The average molecular weight is 498 g/mol. The number of esters is 1. The van der Waals surface area contributed by atoms with E-state index in [0.29, 0.717) is 34.4 Å². The Labute approximate surface area is 213 Å². The van der Waals surface area contributed by atoms with Crippen LogP contribution in [-0.4, -0.2) is 23.6 Å². The van der Waals surface area contributed by atoms with Crippen LogP contribution in [0.3, 0.4) is 0 Å². The van der Waals surface area contributed by atoms with Crippen LogP contribution in [0.15, 0.2) is 69.9 Å². The van der Waals surface area contributed by atoms with Gasteiger partial charge in [0, 0.05) is 5.69 Å². The van der Waals surface area contributed by atoms with Crippen molar-refractivity contribution in [3.63, 3.8) is 0 Å². The van der Waals surface area contributed by atoms with Gasteiger partial charge in [-0.05, 0) is 85.5 Å². The second kappa shape index (κ2) is 9.58. The molecule has 1 aliphatic heterocycles. The Morgan fingerprint density at radius 3 is 2.46 bits per heavy atom. The second-order valence-corrected chi connectivity index (χ2v) is 9.32. The Bertz CT molecular complexity index is 1580. The van der Waals surface area contributed by atoms with Crippen LogP contribution in [0.1, 0.15) is 69.0 Å². The van der Waals surface area contributed by atoms with Crippen LogP contribution >= 0.6 is 0 Å². The summed E-state index contributed by atoms with van der Waals surface area (Å²) < 4.78 is 11.3. The van der Waals surface area contributed by atoms with Gasteiger partial charge in [-0.1, -0.05) is 25.5 Å². The molecule has 7 nitrogen and oxygen atoms in total. The number of hydrogen-bond acceptors (Lipinski definition) is 6. The molecule has 5 rings (SSSR count). The number of phenolic OH excluding ortho intramolecular Hbond substituents is 1. The molecule has 0 bridgehead atoms. The second-order valence-electron chi connectivity index (χ2n) is 9.32. The normalized spacial score (nSPS) is 14.7. The number of carbonyl (C=O) groups is 2. The number of aryl methyl sites for hydroxylation is 2. The van der Waals surface area contributed by atoms with Crippen molar-refractivity contribution < 1.29 is 23.8 Å². The molecule has 1 unspecified atom stereocenters. The molecule has 0 saturated heterocycles. The van der Waals surface area contributed by atoms with Crippen LogP contribution in [0.5, 0.6) is 5.75 Å². The molecule has 7 heteroatoms. The minimum atomic E-state index is -0.820. The zero-order valence-electron chi connectivity index (χ0n) is 20.9. The lowest BCUT2D eigenvalue weighted by Crippen LogP contribution is -2.29. The molecule has 4 aromatic rings. The SMILES string of the molecule is CCCCOC(=O)c1ccc(N2C(=O)c3oc4cc(C)c(C)cc4c(=O)c3C2c2cccc(O)c2)cc1. The van der Waals surface area contributed by atoms with Gasteiger partial charge in [-0.3, -0.25) is 14.5 Å². The average Bonchev–Trinajstić information content (AvgIpc) is 3.18. The number of fused-ring (bicyclic) bond motifs is 2. The Hall–Kier alpha value is -4.39. The van der Waals surface area contributed by atoms with Crippen LogP contribution in [0.25, 0.3) is 11.0 Å². The third kappa shape index (κ3) is 4.27. The highest BCUT2D eigenvalue weighted by Crippen LogP contribution is 2.42. The van der Waals surface area contributed by atoms with Crippen molar-refractivity contribution in [2.45, 2.75) is 39.7 Å². The fourth-order valence-electron chi connectivity index (χ4n) is 4.66. The molecule has 0 radical (unpaired) electrons. The van der Waals surface area contributed by atoms with E-state index in [4.69, 9.17) is 9.15 Å². The Morgan fingerprint density at radius 1 is 1.03 bits per heavy atom. The number of hydrogen-bond donors (Lipinski definition) is 1. The van der Waals surface area contributed by atoms with Gasteiger partial charge >= 0.3 is 5.97 Å². The van der Waals surface area contributed by atoms with E-state index in [2.05, 4.69) is 0 Å². The molecule has 2 heterocycles. The van der Waals surface area contributed by atoms with E-state index in [9.17, 15) is 19.5 Å². The molecule has 1 N–H and O–H groups in total. The van der Waals surface area contributed by atoms with Crippen molar-refractivity contribution in [3.8, 4) is 5.75 Å². The van der Waals surface area contributed by atoms with E-state index in [1.165, 1.54) is 17.0 Å². The third-order valence-corrected chi connectivity index (χ3v) is 6.78. The Kier molecular flexibility index (Phi) is 6.29. The maximum Gasteiger partial charge on any atom is 0.338 e. The molecule has 0 aliphatic carbocycles. The molecule has 188 valence electrons. The number of rotatable bonds is 6. The van der Waals surface area contributed by atoms with E-state index in [-0.39, 0.29) is 22.5 Å². The van der Waals surface area contributed by atoms with Crippen molar-refractivity contribution in [1.29, 1.82) is 0 Å². The molecular formula is C30H27NO6. The summed E-state index contributed by atoms with van der Waals surface area (Å²) >= 11 is 0. The molecule has 3 aromatic carbocycles. The number of benzene rings is 3. The van der Waals surface area contributed by atoms with Crippen LogP contribution < -0.4 is 10.3 Å². The smallest absolute Gasteiger partial charge is 0.338 e. The molecule has 0 fully saturated rings. The van der Waals surface area contributed by atoms with Gasteiger partial charge in [-0.15, -0.1) is 0 Å². The number of aromatic hydroxyl groups is 1. The maximum absolute atomic E-state index is 13.8. The lowest BCUT2D eigenvalue weighted by molar-refractivity contribution is 0.0499. The predicted octanol–water partition coefficient (Wildman–Crippen LogP) is 5.82. The first-order chi connectivity index (χ1) is 17.8. The topological polar surface area (TPSA) is 97.0 Å². The van der Waals surface area contributed by atoms with Crippen LogP contribution in [0.2, 0.25) is 0 Å². The largest absolute Gasteiger partial charge is 0.508 e. The van der Waals surface area contributed by atoms with Gasteiger partial charge in [-0.25, -0.2) is 4.79 Å². The van der Waals surface area contributed by atoms with Crippen LogP contribution in [-0.2, 0) is 4.74 Å². The van der Waals surface area contributed by atoms with E-state index < -0.39 is 17.9 Å². The van der Waals surface area contributed by atoms with E-state index in [1.54, 1.807) is 48.5 Å². The Morgan fingerprint density at radius 2 is 1.76 bits per heavy atom. The van der Waals surface area contributed by atoms with Gasteiger partial charge < -0.3 is 14.3 Å². The summed E-state index contributed by atoms with van der Waals surface area (Å²) in [6.45, 7) is 6.19. The molecule has 0 saturated carbocycles. The first-order valence-corrected chi connectivity index (χ1v) is 12.3. The molecule has 1 aliphatic rings. The van der Waals surface area contributed by atoms with Gasteiger partial charge in [-0.2, -0.15) is 0 Å². The monoisotopic (exact) mass is 497 g/mol. The molecule has 37 heavy (non-hydrogen) atoms. The lowest BCUT2D eigenvalue weighted by Gasteiger charge is -2.25. The van der Waals surface area contributed by atoms with Crippen molar-refractivity contribution in [2.75, 3.05) is 11.5 Å². The Balaban J connectivity index is 1.64. The number of anilines is 1. The van der Waals surface area contributed by atoms with E-state index in [1.807, 2.05) is 20.8 Å². The number of phenols is 1. The fourth-order valence-corrected chi connectivity index (χ4v) is 4.66. The summed E-state index contributed by atoms with van der Waals surface area (Å²) in [6.07, 6.45) is 1.70. The zero-order chi connectivity index (χ0) is 26.3. The summed E-state index contributed by atoms with van der Waals surface area (Å²) in [5, 5.41) is 10.6. The highest BCUT2D eigenvalue weighted by Gasteiger charge is 2.43. The molecule has 0 spiro atoms. The quantitative estimate of drug-likeness (QED) is 0.266. The highest BCUT2D eigenvalue weighted by molar-refractivity contribution is 6.11. The van der Waals surface area contributed by atoms with Crippen molar-refractivity contribution in [3.05, 3.63) is 104 Å². The van der Waals surface area contributed by atoms with Crippen LogP contribution in [0, 0.1) is 13.8 Å². The number of unbranched alkanes of at least 4 members (excludes halogenated alkanes) is 1.